The van der Waals surface area contributed by atoms with Crippen LogP contribution in [0.4, 0.5) is 0 Å². The first-order chi connectivity index (χ1) is 8.08. The minimum absolute atomic E-state index is 0.116. The van der Waals surface area contributed by atoms with E-state index >= 15 is 0 Å². The lowest BCUT2D eigenvalue weighted by atomic mass is 9.87. The molecule has 0 amide bonds. The van der Waals surface area contributed by atoms with Gasteiger partial charge in [-0.25, -0.2) is 13.1 Å². The SMILES string of the molecule is NC1CCC(CNS(=O)(=O)c2ccn[nH]2)CC1. The molecule has 0 aromatic carbocycles. The van der Waals surface area contributed by atoms with Gasteiger partial charge in [0.15, 0.2) is 5.03 Å². The van der Waals surface area contributed by atoms with Crippen LogP contribution in [0, 0.1) is 5.92 Å². The topological polar surface area (TPSA) is 101 Å². The second-order valence-electron chi connectivity index (χ2n) is 4.55. The summed E-state index contributed by atoms with van der Waals surface area (Å²) in [6.45, 7) is 0.480. The molecule has 1 fully saturated rings. The third-order valence-electron chi connectivity index (χ3n) is 3.22. The van der Waals surface area contributed by atoms with Crippen LogP contribution in [0.25, 0.3) is 0 Å². The number of nitrogens with zero attached hydrogens (tertiary/aromatic N) is 1. The first-order valence-corrected chi connectivity index (χ1v) is 7.31. The van der Waals surface area contributed by atoms with Crippen molar-refractivity contribution in [3.05, 3.63) is 12.3 Å². The number of H-pyrrole nitrogens is 1. The number of aromatic amines is 1. The maximum atomic E-state index is 11.8. The van der Waals surface area contributed by atoms with Gasteiger partial charge >= 0.3 is 0 Å². The molecule has 1 aromatic heterocycles. The Morgan fingerprint density at radius 2 is 2.12 bits per heavy atom. The molecule has 1 aliphatic rings. The lowest BCUT2D eigenvalue weighted by Gasteiger charge is -2.25. The van der Waals surface area contributed by atoms with Crippen molar-refractivity contribution in [3.63, 3.8) is 0 Å². The predicted molar refractivity (Wildman–Crippen MR) is 63.7 cm³/mol. The average Bonchev–Trinajstić information content (AvgIpc) is 2.82. The maximum Gasteiger partial charge on any atom is 0.257 e. The van der Waals surface area contributed by atoms with Crippen LogP contribution in [-0.4, -0.2) is 31.2 Å². The van der Waals surface area contributed by atoms with Crippen molar-refractivity contribution in [2.45, 2.75) is 36.8 Å². The third-order valence-corrected chi connectivity index (χ3v) is 4.57. The fourth-order valence-electron chi connectivity index (χ4n) is 2.09. The highest BCUT2D eigenvalue weighted by molar-refractivity contribution is 7.89. The van der Waals surface area contributed by atoms with Gasteiger partial charge in [0.05, 0.1) is 6.20 Å². The summed E-state index contributed by atoms with van der Waals surface area (Å²) in [6, 6.07) is 1.73. The fraction of sp³-hybridized carbons (Fsp3) is 0.700. The van der Waals surface area contributed by atoms with E-state index < -0.39 is 10.0 Å². The predicted octanol–water partition coefficient (Wildman–Crippen LogP) is 0.205. The van der Waals surface area contributed by atoms with Gasteiger partial charge in [0.1, 0.15) is 0 Å². The van der Waals surface area contributed by atoms with Crippen LogP contribution in [0.2, 0.25) is 0 Å². The Bertz CT molecular complexity index is 435. The molecule has 0 bridgehead atoms. The van der Waals surface area contributed by atoms with Crippen molar-refractivity contribution < 1.29 is 8.42 Å². The zero-order valence-corrected chi connectivity index (χ0v) is 10.4. The Morgan fingerprint density at radius 1 is 1.41 bits per heavy atom. The van der Waals surface area contributed by atoms with Crippen molar-refractivity contribution in [1.29, 1.82) is 0 Å². The number of nitrogens with two attached hydrogens (primary N) is 1. The van der Waals surface area contributed by atoms with E-state index in [1.807, 2.05) is 0 Å². The summed E-state index contributed by atoms with van der Waals surface area (Å²) in [5.41, 5.74) is 5.80. The standard InChI is InChI=1S/C10H18N4O2S/c11-9-3-1-8(2-4-9)7-13-17(15,16)10-5-6-12-14-10/h5-6,8-9,13H,1-4,7,11H2,(H,12,14). The van der Waals surface area contributed by atoms with Gasteiger partial charge in [-0.1, -0.05) is 0 Å². The molecule has 4 N–H and O–H groups in total. The van der Waals surface area contributed by atoms with Gasteiger partial charge < -0.3 is 5.73 Å². The smallest absolute Gasteiger partial charge is 0.257 e. The monoisotopic (exact) mass is 258 g/mol. The summed E-state index contributed by atoms with van der Waals surface area (Å²) in [5.74, 6) is 0.396. The molecule has 1 saturated carbocycles. The van der Waals surface area contributed by atoms with Crippen LogP contribution in [0.1, 0.15) is 25.7 Å². The molecular formula is C10H18N4O2S. The molecule has 0 saturated heterocycles. The number of nitrogens with one attached hydrogen (secondary N) is 2. The Balaban J connectivity index is 1.86. The Morgan fingerprint density at radius 3 is 2.71 bits per heavy atom. The van der Waals surface area contributed by atoms with Crippen LogP contribution in [0.3, 0.4) is 0 Å². The molecule has 0 aliphatic heterocycles. The molecule has 0 unspecified atom stereocenters. The second-order valence-corrected chi connectivity index (χ2v) is 6.29. The van der Waals surface area contributed by atoms with E-state index in [-0.39, 0.29) is 11.1 Å². The number of hydrogen-bond donors (Lipinski definition) is 3. The summed E-state index contributed by atoms with van der Waals surface area (Å²) < 4.78 is 26.2. The molecule has 1 aliphatic carbocycles. The van der Waals surface area contributed by atoms with Gasteiger partial charge in [-0.05, 0) is 37.7 Å². The molecule has 7 heteroatoms. The van der Waals surface area contributed by atoms with Crippen LogP contribution in [0.15, 0.2) is 17.3 Å². The molecule has 0 radical (unpaired) electrons. The van der Waals surface area contributed by atoms with Gasteiger partial charge in [-0.15, -0.1) is 0 Å². The molecule has 0 atom stereocenters. The zero-order valence-electron chi connectivity index (χ0n) is 9.59. The number of aromatic nitrogens is 2. The van der Waals surface area contributed by atoms with Crippen LogP contribution in [0.5, 0.6) is 0 Å². The van der Waals surface area contributed by atoms with Crippen molar-refractivity contribution in [2.75, 3.05) is 6.54 Å². The van der Waals surface area contributed by atoms with E-state index in [0.717, 1.165) is 25.7 Å². The number of hydrogen-bond acceptors (Lipinski definition) is 4. The van der Waals surface area contributed by atoms with Crippen LogP contribution < -0.4 is 10.5 Å². The summed E-state index contributed by atoms with van der Waals surface area (Å²) in [6.07, 6.45) is 5.38. The average molecular weight is 258 g/mol. The lowest BCUT2D eigenvalue weighted by molar-refractivity contribution is 0.326. The summed E-state index contributed by atoms with van der Waals surface area (Å²) in [4.78, 5) is 0. The Kier molecular flexibility index (Phi) is 3.80. The van der Waals surface area contributed by atoms with E-state index in [1.54, 1.807) is 0 Å². The second kappa shape index (κ2) is 5.16. The van der Waals surface area contributed by atoms with Crippen molar-refractivity contribution >= 4 is 10.0 Å². The summed E-state index contributed by atoms with van der Waals surface area (Å²) >= 11 is 0. The van der Waals surface area contributed by atoms with Gasteiger partial charge in [-0.2, -0.15) is 5.10 Å². The molecule has 96 valence electrons. The van der Waals surface area contributed by atoms with E-state index in [0.29, 0.717) is 12.5 Å². The van der Waals surface area contributed by atoms with Crippen LogP contribution in [-0.2, 0) is 10.0 Å². The Labute approximate surface area is 101 Å². The van der Waals surface area contributed by atoms with E-state index in [2.05, 4.69) is 14.9 Å². The van der Waals surface area contributed by atoms with Crippen molar-refractivity contribution in [2.24, 2.45) is 11.7 Å². The summed E-state index contributed by atoms with van der Waals surface area (Å²) in [5, 5.41) is 6.20. The highest BCUT2D eigenvalue weighted by Gasteiger charge is 2.21. The van der Waals surface area contributed by atoms with E-state index in [4.69, 9.17) is 5.73 Å². The third kappa shape index (κ3) is 3.27. The normalized spacial score (nSPS) is 25.9. The zero-order chi connectivity index (χ0) is 12.3. The number of rotatable bonds is 4. The molecule has 17 heavy (non-hydrogen) atoms. The first kappa shape index (κ1) is 12.5. The Hall–Kier alpha value is -0.920. The molecule has 1 aromatic rings. The van der Waals surface area contributed by atoms with Gasteiger partial charge in [0.2, 0.25) is 0 Å². The lowest BCUT2D eigenvalue weighted by Crippen LogP contribution is -2.34. The van der Waals surface area contributed by atoms with Gasteiger partial charge in [-0.3, -0.25) is 5.10 Å². The van der Waals surface area contributed by atoms with E-state index in [9.17, 15) is 8.42 Å². The van der Waals surface area contributed by atoms with E-state index in [1.165, 1.54) is 12.3 Å². The maximum absolute atomic E-state index is 11.8. The van der Waals surface area contributed by atoms with Crippen LogP contribution >= 0.6 is 0 Å². The largest absolute Gasteiger partial charge is 0.328 e. The molecule has 1 heterocycles. The highest BCUT2D eigenvalue weighted by Crippen LogP contribution is 2.22. The fourth-order valence-corrected chi connectivity index (χ4v) is 3.11. The molecule has 6 nitrogen and oxygen atoms in total. The minimum atomic E-state index is -3.43. The van der Waals surface area contributed by atoms with Crippen molar-refractivity contribution in [1.82, 2.24) is 14.9 Å². The quantitative estimate of drug-likeness (QED) is 0.718. The highest BCUT2D eigenvalue weighted by atomic mass is 32.2. The minimum Gasteiger partial charge on any atom is -0.328 e. The first-order valence-electron chi connectivity index (χ1n) is 5.82. The van der Waals surface area contributed by atoms with Gasteiger partial charge in [0.25, 0.3) is 10.0 Å². The molecule has 2 rings (SSSR count). The summed E-state index contributed by atoms with van der Waals surface area (Å²) in [7, 11) is -3.43. The van der Waals surface area contributed by atoms with Gasteiger partial charge in [0, 0.05) is 12.6 Å². The molecule has 0 spiro atoms. The molecular weight excluding hydrogens is 240 g/mol. The number of sulfonamides is 1. The van der Waals surface area contributed by atoms with Crippen molar-refractivity contribution in [3.8, 4) is 0 Å².